The summed E-state index contributed by atoms with van der Waals surface area (Å²) < 4.78 is 50.8. The lowest BCUT2D eigenvalue weighted by atomic mass is 10.1. The highest BCUT2D eigenvalue weighted by Crippen LogP contribution is 2.32. The van der Waals surface area contributed by atoms with E-state index in [1.807, 2.05) is 0 Å². The number of rotatable bonds is 9. The van der Waals surface area contributed by atoms with Gasteiger partial charge in [0.1, 0.15) is 5.82 Å². The zero-order chi connectivity index (χ0) is 15.7. The highest BCUT2D eigenvalue weighted by molar-refractivity contribution is 5.47. The number of unbranched alkanes of at least 4 members (excludes halogenated alkanes) is 6. The smallest absolute Gasteiger partial charge is 0.385 e. The van der Waals surface area contributed by atoms with Crippen LogP contribution in [0, 0.1) is 5.82 Å². The van der Waals surface area contributed by atoms with E-state index in [0.29, 0.717) is 12.2 Å². The Bertz CT molecular complexity index is 415. The third-order valence-corrected chi connectivity index (χ3v) is 3.38. The van der Waals surface area contributed by atoms with Crippen LogP contribution in [-0.2, 0) is 6.18 Å². The summed E-state index contributed by atoms with van der Waals surface area (Å²) in [6.07, 6.45) is 3.40. The molecule has 0 fully saturated rings. The molecule has 21 heavy (non-hydrogen) atoms. The van der Waals surface area contributed by atoms with Crippen LogP contribution >= 0.6 is 0 Å². The Balaban J connectivity index is 2.30. The predicted molar refractivity (Wildman–Crippen MR) is 77.9 cm³/mol. The second kappa shape index (κ2) is 8.90. The average molecular weight is 305 g/mol. The highest BCUT2D eigenvalue weighted by Gasteiger charge is 2.34. The fraction of sp³-hybridized carbons (Fsp3) is 0.625. The molecule has 0 saturated heterocycles. The van der Waals surface area contributed by atoms with Gasteiger partial charge >= 0.3 is 6.18 Å². The van der Waals surface area contributed by atoms with Crippen molar-refractivity contribution in [1.29, 1.82) is 0 Å². The monoisotopic (exact) mass is 305 g/mol. The third kappa shape index (κ3) is 6.82. The molecular weight excluding hydrogens is 282 g/mol. The summed E-state index contributed by atoms with van der Waals surface area (Å²) in [6.45, 7) is 2.78. The van der Waals surface area contributed by atoms with Crippen LogP contribution in [0.1, 0.15) is 57.4 Å². The molecule has 1 N–H and O–H groups in total. The molecule has 0 spiro atoms. The summed E-state index contributed by atoms with van der Waals surface area (Å²) in [5, 5.41) is 2.92. The van der Waals surface area contributed by atoms with Gasteiger partial charge in [0.25, 0.3) is 0 Å². The van der Waals surface area contributed by atoms with E-state index >= 15 is 0 Å². The second-order valence-corrected chi connectivity index (χ2v) is 5.24. The van der Waals surface area contributed by atoms with E-state index in [9.17, 15) is 17.6 Å². The van der Waals surface area contributed by atoms with Crippen LogP contribution in [0.2, 0.25) is 0 Å². The minimum Gasteiger partial charge on any atom is -0.385 e. The normalized spacial score (nSPS) is 11.7. The molecule has 0 heterocycles. The van der Waals surface area contributed by atoms with Crippen LogP contribution in [0.25, 0.3) is 0 Å². The molecule has 0 aliphatic heterocycles. The maximum absolute atomic E-state index is 13.1. The van der Waals surface area contributed by atoms with Gasteiger partial charge in [0, 0.05) is 12.2 Å². The van der Waals surface area contributed by atoms with Crippen molar-refractivity contribution in [2.75, 3.05) is 11.9 Å². The van der Waals surface area contributed by atoms with Crippen molar-refractivity contribution in [1.82, 2.24) is 0 Å². The standard InChI is InChI=1S/C16H23F4N/c1-2-3-4-5-6-7-8-11-21-13-9-10-15(17)14(12-13)16(18,19)20/h9-10,12,21H,2-8,11H2,1H3. The summed E-state index contributed by atoms with van der Waals surface area (Å²) in [7, 11) is 0. The van der Waals surface area contributed by atoms with Crippen molar-refractivity contribution < 1.29 is 17.6 Å². The molecule has 0 saturated carbocycles. The summed E-state index contributed by atoms with van der Waals surface area (Å²) in [5.41, 5.74) is -0.901. The molecule has 0 unspecified atom stereocenters. The van der Waals surface area contributed by atoms with Gasteiger partial charge in [-0.3, -0.25) is 0 Å². The summed E-state index contributed by atoms with van der Waals surface area (Å²) >= 11 is 0. The van der Waals surface area contributed by atoms with Crippen LogP contribution in [0.4, 0.5) is 23.2 Å². The van der Waals surface area contributed by atoms with Crippen LogP contribution in [-0.4, -0.2) is 6.54 Å². The van der Waals surface area contributed by atoms with Gasteiger partial charge in [-0.1, -0.05) is 45.4 Å². The molecule has 0 aromatic heterocycles. The van der Waals surface area contributed by atoms with Gasteiger partial charge in [0.2, 0.25) is 0 Å². The zero-order valence-electron chi connectivity index (χ0n) is 12.4. The summed E-state index contributed by atoms with van der Waals surface area (Å²) in [5.74, 6) is -1.23. The Hall–Kier alpha value is -1.26. The molecule has 1 aromatic rings. The summed E-state index contributed by atoms with van der Waals surface area (Å²) in [6, 6.07) is 3.03. The number of anilines is 1. The maximum atomic E-state index is 13.1. The number of hydrogen-bond acceptors (Lipinski definition) is 1. The molecule has 1 aromatic carbocycles. The van der Waals surface area contributed by atoms with Crippen LogP contribution in [0.3, 0.4) is 0 Å². The van der Waals surface area contributed by atoms with Crippen LogP contribution in [0.5, 0.6) is 0 Å². The average Bonchev–Trinajstić information content (AvgIpc) is 2.42. The number of alkyl halides is 3. The Morgan fingerprint density at radius 2 is 1.57 bits per heavy atom. The lowest BCUT2D eigenvalue weighted by molar-refractivity contribution is -0.139. The Morgan fingerprint density at radius 3 is 2.19 bits per heavy atom. The van der Waals surface area contributed by atoms with E-state index in [4.69, 9.17) is 0 Å². The van der Waals surface area contributed by atoms with Crippen molar-refractivity contribution in [3.05, 3.63) is 29.6 Å². The SMILES string of the molecule is CCCCCCCCCNc1ccc(F)c(C(F)(F)F)c1. The van der Waals surface area contributed by atoms with E-state index < -0.39 is 17.6 Å². The van der Waals surface area contributed by atoms with E-state index in [1.165, 1.54) is 31.7 Å². The minimum absolute atomic E-state index is 0.315. The molecule has 0 atom stereocenters. The number of halogens is 4. The summed E-state index contributed by atoms with van der Waals surface area (Å²) in [4.78, 5) is 0. The van der Waals surface area contributed by atoms with Gasteiger partial charge in [0.05, 0.1) is 5.56 Å². The topological polar surface area (TPSA) is 12.0 Å². The fourth-order valence-corrected chi connectivity index (χ4v) is 2.17. The third-order valence-electron chi connectivity index (χ3n) is 3.38. The van der Waals surface area contributed by atoms with Gasteiger partial charge in [-0.2, -0.15) is 13.2 Å². The molecule has 1 rings (SSSR count). The number of nitrogens with one attached hydrogen (secondary N) is 1. The molecule has 0 amide bonds. The second-order valence-electron chi connectivity index (χ2n) is 5.24. The van der Waals surface area contributed by atoms with E-state index in [-0.39, 0.29) is 0 Å². The molecule has 0 bridgehead atoms. The van der Waals surface area contributed by atoms with Crippen molar-refractivity contribution in [2.45, 2.75) is 58.0 Å². The van der Waals surface area contributed by atoms with Gasteiger partial charge < -0.3 is 5.32 Å². The predicted octanol–water partition coefficient (Wildman–Crippen LogP) is 6.01. The lowest BCUT2D eigenvalue weighted by Gasteiger charge is -2.11. The first-order valence-corrected chi connectivity index (χ1v) is 7.55. The zero-order valence-corrected chi connectivity index (χ0v) is 12.4. The molecule has 0 aliphatic carbocycles. The maximum Gasteiger partial charge on any atom is 0.419 e. The Kier molecular flexibility index (Phi) is 7.54. The highest BCUT2D eigenvalue weighted by atomic mass is 19.4. The Morgan fingerprint density at radius 1 is 0.952 bits per heavy atom. The largest absolute Gasteiger partial charge is 0.419 e. The number of hydrogen-bond donors (Lipinski definition) is 1. The quantitative estimate of drug-likeness (QED) is 0.435. The van der Waals surface area contributed by atoms with Crippen molar-refractivity contribution in [2.24, 2.45) is 0 Å². The molecule has 120 valence electrons. The van der Waals surface area contributed by atoms with Gasteiger partial charge in [-0.25, -0.2) is 4.39 Å². The lowest BCUT2D eigenvalue weighted by Crippen LogP contribution is -2.10. The fourth-order valence-electron chi connectivity index (χ4n) is 2.17. The first kappa shape index (κ1) is 17.8. The van der Waals surface area contributed by atoms with Gasteiger partial charge in [0.15, 0.2) is 0 Å². The number of benzene rings is 1. The van der Waals surface area contributed by atoms with E-state index in [1.54, 1.807) is 0 Å². The Labute approximate surface area is 123 Å². The van der Waals surface area contributed by atoms with Crippen molar-refractivity contribution >= 4 is 5.69 Å². The van der Waals surface area contributed by atoms with Gasteiger partial charge in [-0.15, -0.1) is 0 Å². The van der Waals surface area contributed by atoms with Crippen LogP contribution in [0.15, 0.2) is 18.2 Å². The van der Waals surface area contributed by atoms with E-state index in [2.05, 4.69) is 12.2 Å². The van der Waals surface area contributed by atoms with E-state index in [0.717, 1.165) is 31.4 Å². The molecule has 0 radical (unpaired) electrons. The minimum atomic E-state index is -4.65. The van der Waals surface area contributed by atoms with Crippen molar-refractivity contribution in [3.8, 4) is 0 Å². The molecular formula is C16H23F4N. The molecule has 5 heteroatoms. The molecule has 1 nitrogen and oxygen atoms in total. The van der Waals surface area contributed by atoms with Crippen LogP contribution < -0.4 is 5.32 Å². The first-order valence-electron chi connectivity index (χ1n) is 7.55. The molecule has 0 aliphatic rings. The van der Waals surface area contributed by atoms with Crippen molar-refractivity contribution in [3.63, 3.8) is 0 Å². The van der Waals surface area contributed by atoms with Gasteiger partial charge in [-0.05, 0) is 24.6 Å². The first-order chi connectivity index (χ1) is 9.95.